The molecule has 0 radical (unpaired) electrons. The van der Waals surface area contributed by atoms with Gasteiger partial charge < -0.3 is 25.0 Å². The average molecular weight is 320 g/mol. The number of carboxylic acid groups (broad SMARTS) is 1. The third kappa shape index (κ3) is 4.77. The summed E-state index contributed by atoms with van der Waals surface area (Å²) in [5, 5.41) is 14.2. The first-order valence-electron chi connectivity index (χ1n) is 8.10. The molecule has 2 rings (SSSR count). The Morgan fingerprint density at radius 3 is 2.39 bits per heavy atom. The van der Waals surface area contributed by atoms with E-state index in [9.17, 15) is 14.7 Å². The number of carbonyl (C=O) groups is 2. The predicted octanol–water partition coefficient (Wildman–Crippen LogP) is -2.84. The molecule has 1 heterocycles. The van der Waals surface area contributed by atoms with Gasteiger partial charge in [-0.15, -0.1) is 0 Å². The Bertz CT molecular complexity index is 580. The molecule has 6 heteroatoms. The van der Waals surface area contributed by atoms with Crippen LogP contribution in [0.3, 0.4) is 0 Å². The van der Waals surface area contributed by atoms with Gasteiger partial charge >= 0.3 is 0 Å². The standard InChI is InChI=1S/C17H25N3O3/c1-12-4-5-14(10-13(12)2)18-16(21)11-15(17(22)23)20-8-6-19(3)7-9-20/h4-5,10,15H,6-9,11H2,1-3H3,(H,18,21)(H,22,23)/p+1/t15-/m0/s1. The van der Waals surface area contributed by atoms with Gasteiger partial charge in [0.15, 0.2) is 0 Å². The van der Waals surface area contributed by atoms with Crippen molar-refractivity contribution in [2.75, 3.05) is 38.5 Å². The molecule has 1 saturated heterocycles. The fourth-order valence-electron chi connectivity index (χ4n) is 2.96. The van der Waals surface area contributed by atoms with E-state index < -0.39 is 12.0 Å². The van der Waals surface area contributed by atoms with Crippen molar-refractivity contribution < 1.29 is 24.5 Å². The van der Waals surface area contributed by atoms with E-state index in [0.717, 1.165) is 42.2 Å². The van der Waals surface area contributed by atoms with Crippen molar-refractivity contribution in [3.63, 3.8) is 0 Å². The number of likely N-dealkylation sites (N-methyl/N-ethyl adjacent to an activating group) is 1. The Labute approximate surface area is 137 Å². The molecular weight excluding hydrogens is 294 g/mol. The van der Waals surface area contributed by atoms with Crippen LogP contribution in [0.1, 0.15) is 17.5 Å². The first kappa shape index (κ1) is 17.4. The van der Waals surface area contributed by atoms with Crippen molar-refractivity contribution in [1.82, 2.24) is 0 Å². The molecule has 3 N–H and O–H groups in total. The van der Waals surface area contributed by atoms with Gasteiger partial charge in [-0.2, -0.15) is 0 Å². The highest BCUT2D eigenvalue weighted by Crippen LogP contribution is 2.14. The molecule has 0 aliphatic carbocycles. The maximum absolute atomic E-state index is 12.2. The molecule has 1 atom stereocenters. The number of amides is 1. The van der Waals surface area contributed by atoms with E-state index in [-0.39, 0.29) is 12.3 Å². The molecular formula is C17H26N3O3+. The molecule has 1 aliphatic heterocycles. The number of hydrogen-bond donors (Lipinski definition) is 3. The number of nitrogens with one attached hydrogen (secondary N) is 3. The normalized spacial score (nSPS) is 22.4. The minimum absolute atomic E-state index is 0.0519. The molecule has 0 saturated carbocycles. The second-order valence-electron chi connectivity index (χ2n) is 6.54. The smallest absolute Gasteiger partial charge is 0.230 e. The first-order valence-corrected chi connectivity index (χ1v) is 8.10. The summed E-state index contributed by atoms with van der Waals surface area (Å²) in [6, 6.07) is 4.89. The first-order chi connectivity index (χ1) is 10.9. The second kappa shape index (κ2) is 7.57. The zero-order chi connectivity index (χ0) is 17.0. The summed E-state index contributed by atoms with van der Waals surface area (Å²) in [5.74, 6) is -1.42. The van der Waals surface area contributed by atoms with E-state index >= 15 is 0 Å². The van der Waals surface area contributed by atoms with Crippen LogP contribution in [-0.2, 0) is 9.59 Å². The van der Waals surface area contributed by atoms with Crippen molar-refractivity contribution in [1.29, 1.82) is 0 Å². The molecule has 1 aromatic rings. The number of carbonyl (C=O) groups excluding carboxylic acids is 2. The number of rotatable bonds is 5. The van der Waals surface area contributed by atoms with Crippen LogP contribution in [0, 0.1) is 13.8 Å². The van der Waals surface area contributed by atoms with Gasteiger partial charge in [0.25, 0.3) is 0 Å². The van der Waals surface area contributed by atoms with Crippen LogP contribution >= 0.6 is 0 Å². The van der Waals surface area contributed by atoms with E-state index in [4.69, 9.17) is 0 Å². The van der Waals surface area contributed by atoms with Gasteiger partial charge in [0.2, 0.25) is 5.91 Å². The van der Waals surface area contributed by atoms with Crippen LogP contribution in [-0.4, -0.2) is 51.1 Å². The van der Waals surface area contributed by atoms with E-state index in [1.165, 1.54) is 4.90 Å². The molecule has 1 fully saturated rings. The number of hydrogen-bond acceptors (Lipinski definition) is 3. The van der Waals surface area contributed by atoms with Gasteiger partial charge in [-0.1, -0.05) is 6.07 Å². The van der Waals surface area contributed by atoms with Crippen molar-refractivity contribution in [2.24, 2.45) is 0 Å². The van der Waals surface area contributed by atoms with Crippen molar-refractivity contribution >= 4 is 17.6 Å². The van der Waals surface area contributed by atoms with Gasteiger partial charge in [0.05, 0.1) is 19.4 Å². The quantitative estimate of drug-likeness (QED) is 0.547. The molecule has 0 aromatic heterocycles. The lowest BCUT2D eigenvalue weighted by molar-refractivity contribution is -1.01. The van der Waals surface area contributed by atoms with Crippen LogP contribution in [0.2, 0.25) is 0 Å². The van der Waals surface area contributed by atoms with Crippen molar-refractivity contribution in [3.8, 4) is 0 Å². The molecule has 126 valence electrons. The SMILES string of the molecule is Cc1ccc(NC(=O)C[C@@H](C(=O)[O-])[NH+]2CC[NH+](C)CC2)cc1C. The van der Waals surface area contributed by atoms with Crippen molar-refractivity contribution in [2.45, 2.75) is 26.3 Å². The molecule has 6 nitrogen and oxygen atoms in total. The molecule has 0 unspecified atom stereocenters. The van der Waals surface area contributed by atoms with E-state index in [1.54, 1.807) is 0 Å². The summed E-state index contributed by atoms with van der Waals surface area (Å²) in [6.07, 6.45) is -0.0519. The maximum Gasteiger partial charge on any atom is 0.230 e. The number of quaternary nitrogens is 2. The van der Waals surface area contributed by atoms with Gasteiger partial charge in [-0.25, -0.2) is 0 Å². The third-order valence-electron chi connectivity index (χ3n) is 4.70. The van der Waals surface area contributed by atoms with E-state index in [2.05, 4.69) is 12.4 Å². The lowest BCUT2D eigenvalue weighted by Gasteiger charge is -2.33. The van der Waals surface area contributed by atoms with E-state index in [0.29, 0.717) is 5.69 Å². The second-order valence-corrected chi connectivity index (χ2v) is 6.54. The zero-order valence-corrected chi connectivity index (χ0v) is 14.1. The zero-order valence-electron chi connectivity index (χ0n) is 14.1. The summed E-state index contributed by atoms with van der Waals surface area (Å²) < 4.78 is 0. The lowest BCUT2D eigenvalue weighted by atomic mass is 10.1. The van der Waals surface area contributed by atoms with Crippen molar-refractivity contribution in [3.05, 3.63) is 29.3 Å². The number of piperazine rings is 1. The third-order valence-corrected chi connectivity index (χ3v) is 4.70. The number of aliphatic carboxylic acids is 1. The number of benzene rings is 1. The molecule has 0 bridgehead atoms. The Hall–Kier alpha value is -1.92. The Balaban J connectivity index is 1.97. The maximum atomic E-state index is 12.2. The molecule has 1 amide bonds. The summed E-state index contributed by atoms with van der Waals surface area (Å²) >= 11 is 0. The van der Waals surface area contributed by atoms with Crippen LogP contribution in [0.4, 0.5) is 5.69 Å². The fraction of sp³-hybridized carbons (Fsp3) is 0.529. The van der Waals surface area contributed by atoms with Crippen LogP contribution in [0.25, 0.3) is 0 Å². The number of aryl methyl sites for hydroxylation is 2. The fourth-order valence-corrected chi connectivity index (χ4v) is 2.96. The highest BCUT2D eigenvalue weighted by atomic mass is 16.4. The van der Waals surface area contributed by atoms with Gasteiger partial charge in [-0.3, -0.25) is 4.79 Å². The highest BCUT2D eigenvalue weighted by molar-refractivity contribution is 5.93. The summed E-state index contributed by atoms with van der Waals surface area (Å²) in [7, 11) is 2.09. The predicted molar refractivity (Wildman–Crippen MR) is 85.3 cm³/mol. The summed E-state index contributed by atoms with van der Waals surface area (Å²) in [5.41, 5.74) is 2.94. The van der Waals surface area contributed by atoms with E-state index in [1.807, 2.05) is 32.0 Å². The highest BCUT2D eigenvalue weighted by Gasteiger charge is 2.30. The van der Waals surface area contributed by atoms with Gasteiger partial charge in [0, 0.05) is 5.69 Å². The number of carboxylic acids is 1. The molecule has 23 heavy (non-hydrogen) atoms. The lowest BCUT2D eigenvalue weighted by Crippen LogP contribution is -3.29. The Morgan fingerprint density at radius 1 is 1.17 bits per heavy atom. The van der Waals surface area contributed by atoms with Crippen LogP contribution in [0.15, 0.2) is 18.2 Å². The van der Waals surface area contributed by atoms with Crippen LogP contribution in [0.5, 0.6) is 0 Å². The average Bonchev–Trinajstić information content (AvgIpc) is 2.49. The molecule has 1 aliphatic rings. The summed E-state index contributed by atoms with van der Waals surface area (Å²) in [4.78, 5) is 26.0. The monoisotopic (exact) mass is 320 g/mol. The number of anilines is 1. The minimum Gasteiger partial charge on any atom is -0.544 e. The molecule has 0 spiro atoms. The topological polar surface area (TPSA) is 78.1 Å². The summed E-state index contributed by atoms with van der Waals surface area (Å²) in [6.45, 7) is 7.32. The van der Waals surface area contributed by atoms with Gasteiger partial charge in [0.1, 0.15) is 32.2 Å². The van der Waals surface area contributed by atoms with Crippen LogP contribution < -0.4 is 20.2 Å². The largest absolute Gasteiger partial charge is 0.544 e. The Kier molecular flexibility index (Phi) is 5.74. The van der Waals surface area contributed by atoms with Gasteiger partial charge in [-0.05, 0) is 37.1 Å². The Morgan fingerprint density at radius 2 is 1.83 bits per heavy atom. The molecule has 1 aromatic carbocycles. The minimum atomic E-state index is -1.14.